The van der Waals surface area contributed by atoms with E-state index in [1.165, 1.54) is 41.3 Å². The maximum Gasteiger partial charge on any atom is 0.387 e. The molecule has 12 heteroatoms. The molecule has 0 unspecified atom stereocenters. The smallest absolute Gasteiger partial charge is 0.387 e. The number of nitrogen functional groups attached to an aromatic ring is 1. The number of nitrogens with one attached hydrogen (secondary N) is 1. The molecule has 136 valence electrons. The number of ether oxygens (including phenoxy) is 1. The number of hydrogen-bond acceptors (Lipinski definition) is 8. The molecule has 1 aromatic carbocycles. The minimum Gasteiger partial charge on any atom is -0.435 e. The Morgan fingerprint density at radius 1 is 1.31 bits per heavy atom. The van der Waals surface area contributed by atoms with Crippen molar-refractivity contribution in [3.63, 3.8) is 0 Å². The van der Waals surface area contributed by atoms with Crippen molar-refractivity contribution in [2.75, 3.05) is 16.9 Å². The molecule has 0 aliphatic carbocycles. The van der Waals surface area contributed by atoms with Gasteiger partial charge in [0.1, 0.15) is 12.0 Å². The van der Waals surface area contributed by atoms with Crippen molar-refractivity contribution in [2.45, 2.75) is 11.8 Å². The maximum atomic E-state index is 12.2. The fourth-order valence-corrected chi connectivity index (χ4v) is 2.60. The first-order valence-corrected chi connectivity index (χ1v) is 8.10. The van der Waals surface area contributed by atoms with E-state index >= 15 is 0 Å². The van der Waals surface area contributed by atoms with Gasteiger partial charge >= 0.3 is 6.61 Å². The summed E-state index contributed by atoms with van der Waals surface area (Å²) < 4.78 is 34.4. The van der Waals surface area contributed by atoms with Crippen LogP contribution in [0, 0.1) is 0 Å². The topological polar surface area (TPSA) is 121 Å². The van der Waals surface area contributed by atoms with E-state index in [4.69, 9.17) is 5.84 Å². The van der Waals surface area contributed by atoms with Gasteiger partial charge in [0.25, 0.3) is 0 Å². The van der Waals surface area contributed by atoms with Crippen molar-refractivity contribution in [1.82, 2.24) is 20.0 Å². The number of halogens is 2. The van der Waals surface area contributed by atoms with Gasteiger partial charge < -0.3 is 20.4 Å². The lowest BCUT2D eigenvalue weighted by molar-refractivity contribution is -0.113. The Hall–Kier alpha value is -3.15. The number of carbonyl (C=O) groups is 1. The van der Waals surface area contributed by atoms with Gasteiger partial charge in [-0.1, -0.05) is 16.9 Å². The highest BCUT2D eigenvalue weighted by atomic mass is 32.2. The molecule has 9 nitrogen and oxygen atoms in total. The number of thioether (sulfide) groups is 1. The number of carbonyl (C=O) groups excluding carboxylic acids is 1. The first-order valence-electron chi connectivity index (χ1n) is 7.11. The number of amides is 1. The minimum absolute atomic E-state index is 0.0194. The van der Waals surface area contributed by atoms with Crippen molar-refractivity contribution in [1.29, 1.82) is 0 Å². The average molecular weight is 382 g/mol. The molecule has 3 N–H and O–H groups in total. The van der Waals surface area contributed by atoms with Crippen LogP contribution in [0.2, 0.25) is 0 Å². The number of alkyl halides is 2. The molecule has 0 spiro atoms. The summed E-state index contributed by atoms with van der Waals surface area (Å²) in [4.78, 5) is 11.8. The highest BCUT2D eigenvalue weighted by Crippen LogP contribution is 2.24. The van der Waals surface area contributed by atoms with Crippen LogP contribution in [-0.4, -0.2) is 38.3 Å². The van der Waals surface area contributed by atoms with E-state index in [9.17, 15) is 13.6 Å². The molecule has 0 bridgehead atoms. The van der Waals surface area contributed by atoms with Crippen LogP contribution in [0.15, 0.2) is 46.3 Å². The zero-order valence-electron chi connectivity index (χ0n) is 13.0. The van der Waals surface area contributed by atoms with Gasteiger partial charge in [0, 0.05) is 11.6 Å². The zero-order chi connectivity index (χ0) is 18.5. The van der Waals surface area contributed by atoms with Crippen molar-refractivity contribution >= 4 is 23.5 Å². The van der Waals surface area contributed by atoms with Crippen LogP contribution in [0.1, 0.15) is 0 Å². The van der Waals surface area contributed by atoms with Gasteiger partial charge in [-0.25, -0.2) is 4.68 Å². The Balaban J connectivity index is 1.63. The number of anilines is 1. The third-order valence-electron chi connectivity index (χ3n) is 3.04. The molecule has 0 saturated carbocycles. The van der Waals surface area contributed by atoms with Crippen LogP contribution in [0.25, 0.3) is 11.4 Å². The Morgan fingerprint density at radius 2 is 2.08 bits per heavy atom. The van der Waals surface area contributed by atoms with Crippen LogP contribution < -0.4 is 15.9 Å². The molecule has 3 rings (SSSR count). The molecule has 0 saturated heterocycles. The van der Waals surface area contributed by atoms with E-state index in [2.05, 4.69) is 29.9 Å². The Kier molecular flexibility index (Phi) is 5.31. The SMILES string of the molecule is Nn1c(SCC(=O)Nc2ccon2)nnc1-c1ccc(OC(F)F)cc1. The molecular weight excluding hydrogens is 370 g/mol. The fourth-order valence-electron chi connectivity index (χ4n) is 1.94. The van der Waals surface area contributed by atoms with Crippen LogP contribution in [-0.2, 0) is 4.79 Å². The van der Waals surface area contributed by atoms with Crippen LogP contribution in [0.4, 0.5) is 14.6 Å². The number of aromatic nitrogens is 4. The number of nitrogens with two attached hydrogens (primary N) is 1. The zero-order valence-corrected chi connectivity index (χ0v) is 13.8. The highest BCUT2D eigenvalue weighted by Gasteiger charge is 2.15. The summed E-state index contributed by atoms with van der Waals surface area (Å²) >= 11 is 1.07. The second kappa shape index (κ2) is 7.82. The molecular formula is C14H12F2N6O3S. The summed E-state index contributed by atoms with van der Waals surface area (Å²) in [5, 5.41) is 14.3. The lowest BCUT2D eigenvalue weighted by atomic mass is 10.2. The maximum absolute atomic E-state index is 12.2. The van der Waals surface area contributed by atoms with Gasteiger partial charge in [-0.05, 0) is 24.3 Å². The van der Waals surface area contributed by atoms with E-state index in [0.717, 1.165) is 11.8 Å². The van der Waals surface area contributed by atoms with Crippen LogP contribution >= 0.6 is 11.8 Å². The third kappa shape index (κ3) is 4.27. The summed E-state index contributed by atoms with van der Waals surface area (Å²) in [6.45, 7) is -2.90. The second-order valence-corrected chi connectivity index (χ2v) is 5.74. The van der Waals surface area contributed by atoms with Gasteiger partial charge in [-0.3, -0.25) is 4.79 Å². The predicted octanol–water partition coefficient (Wildman–Crippen LogP) is 1.98. The summed E-state index contributed by atoms with van der Waals surface area (Å²) in [5.41, 5.74) is 0.556. The lowest BCUT2D eigenvalue weighted by Crippen LogP contribution is -2.16. The molecule has 2 heterocycles. The van der Waals surface area contributed by atoms with Crippen LogP contribution in [0.5, 0.6) is 5.75 Å². The van der Waals surface area contributed by atoms with E-state index in [-0.39, 0.29) is 17.4 Å². The normalized spacial score (nSPS) is 10.9. The molecule has 2 aromatic heterocycles. The second-order valence-electron chi connectivity index (χ2n) is 4.80. The Bertz CT molecular complexity index is 869. The van der Waals surface area contributed by atoms with E-state index in [0.29, 0.717) is 22.4 Å². The highest BCUT2D eigenvalue weighted by molar-refractivity contribution is 7.99. The van der Waals surface area contributed by atoms with Crippen molar-refractivity contribution < 1.29 is 22.8 Å². The fraction of sp³-hybridized carbons (Fsp3) is 0.143. The Morgan fingerprint density at radius 3 is 2.73 bits per heavy atom. The molecule has 3 aromatic rings. The lowest BCUT2D eigenvalue weighted by Gasteiger charge is -2.06. The summed E-state index contributed by atoms with van der Waals surface area (Å²) in [5.74, 6) is 6.29. The monoisotopic (exact) mass is 382 g/mol. The van der Waals surface area contributed by atoms with Crippen molar-refractivity contribution in [2.24, 2.45) is 0 Å². The average Bonchev–Trinajstić information content (AvgIpc) is 3.23. The van der Waals surface area contributed by atoms with Gasteiger partial charge in [-0.2, -0.15) is 8.78 Å². The molecule has 0 fully saturated rings. The van der Waals surface area contributed by atoms with E-state index < -0.39 is 6.61 Å². The number of hydrogen-bond donors (Lipinski definition) is 2. The number of benzene rings is 1. The summed E-state index contributed by atoms with van der Waals surface area (Å²) in [6.07, 6.45) is 1.34. The molecule has 1 amide bonds. The standard InChI is InChI=1S/C14H12F2N6O3S/c15-13(16)25-9-3-1-8(2-4-9)12-19-20-14(22(12)17)26-7-11(23)18-10-5-6-24-21-10/h1-6,13H,7,17H2,(H,18,21,23). The van der Waals surface area contributed by atoms with Gasteiger partial charge in [0.15, 0.2) is 11.6 Å². The van der Waals surface area contributed by atoms with Crippen LogP contribution in [0.3, 0.4) is 0 Å². The quantitative estimate of drug-likeness (QED) is 0.470. The largest absolute Gasteiger partial charge is 0.435 e. The first kappa shape index (κ1) is 17.7. The summed E-state index contributed by atoms with van der Waals surface area (Å²) in [6, 6.07) is 7.30. The first-order chi connectivity index (χ1) is 12.5. The minimum atomic E-state index is -2.90. The van der Waals surface area contributed by atoms with Gasteiger partial charge in [0.2, 0.25) is 11.1 Å². The Labute approximate surface area is 149 Å². The third-order valence-corrected chi connectivity index (χ3v) is 3.98. The van der Waals surface area contributed by atoms with E-state index in [1.807, 2.05) is 0 Å². The van der Waals surface area contributed by atoms with Gasteiger partial charge in [-0.15, -0.1) is 10.2 Å². The number of rotatable bonds is 7. The number of nitrogens with zero attached hydrogens (tertiary/aromatic N) is 4. The molecule has 0 radical (unpaired) electrons. The summed E-state index contributed by atoms with van der Waals surface area (Å²) in [7, 11) is 0. The molecule has 0 atom stereocenters. The molecule has 0 aliphatic rings. The van der Waals surface area contributed by atoms with Crippen molar-refractivity contribution in [3.8, 4) is 17.1 Å². The molecule has 0 aliphatic heterocycles. The van der Waals surface area contributed by atoms with E-state index in [1.54, 1.807) is 0 Å². The molecule has 26 heavy (non-hydrogen) atoms. The predicted molar refractivity (Wildman–Crippen MR) is 88.1 cm³/mol. The van der Waals surface area contributed by atoms with Crippen molar-refractivity contribution in [3.05, 3.63) is 36.6 Å². The van der Waals surface area contributed by atoms with Gasteiger partial charge in [0.05, 0.1) is 5.75 Å².